The van der Waals surface area contributed by atoms with Crippen molar-refractivity contribution in [2.75, 3.05) is 45.9 Å². The summed E-state index contributed by atoms with van der Waals surface area (Å²) in [6.45, 7) is 24.8. The molecule has 14 unspecified atom stereocenters. The molecule has 8 rings (SSSR count). The molecule has 9 heteroatoms. The van der Waals surface area contributed by atoms with Crippen molar-refractivity contribution in [3.63, 3.8) is 0 Å². The number of esters is 1. The molecular weight excluding hydrogens is 656 g/mol. The maximum Gasteiger partial charge on any atom is 0.305 e. The summed E-state index contributed by atoms with van der Waals surface area (Å²) in [5.41, 5.74) is -0.919. The lowest BCUT2D eigenvalue weighted by Crippen LogP contribution is -2.60. The third-order valence-corrected chi connectivity index (χ3v) is 17.7. The van der Waals surface area contributed by atoms with Gasteiger partial charge in [-0.1, -0.05) is 41.5 Å². The highest BCUT2D eigenvalue weighted by Gasteiger charge is 2.84. The van der Waals surface area contributed by atoms with Gasteiger partial charge < -0.3 is 34.1 Å². The van der Waals surface area contributed by atoms with Crippen LogP contribution in [0.25, 0.3) is 0 Å². The zero-order valence-electron chi connectivity index (χ0n) is 33.8. The first-order valence-electron chi connectivity index (χ1n) is 21.5. The van der Waals surface area contributed by atoms with Gasteiger partial charge >= 0.3 is 5.97 Å². The molecule has 3 aliphatic heterocycles. The summed E-state index contributed by atoms with van der Waals surface area (Å²) in [4.78, 5) is 17.7. The van der Waals surface area contributed by atoms with Crippen molar-refractivity contribution >= 4 is 5.97 Å². The molecule has 5 aliphatic carbocycles. The largest absolute Gasteiger partial charge is 0.457 e. The molecule has 0 aromatic rings. The molecule has 0 bridgehead atoms. The van der Waals surface area contributed by atoms with Gasteiger partial charge in [-0.05, 0) is 136 Å². The van der Waals surface area contributed by atoms with Crippen molar-refractivity contribution < 1.29 is 34.0 Å². The van der Waals surface area contributed by atoms with Gasteiger partial charge in [-0.25, -0.2) is 0 Å². The Morgan fingerprint density at radius 2 is 1.65 bits per heavy atom. The lowest BCUT2D eigenvalue weighted by molar-refractivity contribution is -0.249. The number of hydrogen-bond acceptors (Lipinski definition) is 9. The number of morpholine rings is 1. The molecule has 296 valence electrons. The first-order valence-corrected chi connectivity index (χ1v) is 21.5. The highest BCUT2D eigenvalue weighted by Crippen LogP contribution is 2.89. The van der Waals surface area contributed by atoms with E-state index in [-0.39, 0.29) is 64.4 Å². The lowest BCUT2D eigenvalue weighted by atomic mass is 9.41. The molecule has 3 saturated heterocycles. The van der Waals surface area contributed by atoms with Gasteiger partial charge in [0.05, 0.1) is 36.6 Å². The van der Waals surface area contributed by atoms with E-state index >= 15 is 0 Å². The number of rotatable bonds is 9. The van der Waals surface area contributed by atoms with Crippen molar-refractivity contribution in [3.8, 4) is 0 Å². The van der Waals surface area contributed by atoms with Crippen molar-refractivity contribution in [1.82, 2.24) is 9.80 Å². The Labute approximate surface area is 314 Å². The minimum Gasteiger partial charge on any atom is -0.457 e. The standard InChI is InChI=1S/C43H72N2O7/c1-9-32(46)52-37(39(5,6)48)28-24-27(2)34-35(50-28)36(47)41(8)30-13-12-29-38(3,4)31(14-15-42(29)26-43(30,42)17-16-40(34,41)7)51-33-25-45(22-23-49-33)21-20-44-18-10-11-19-44/h27-31,33-37,47-48H,9-26H2,1-8H3. The second-order valence-electron chi connectivity index (χ2n) is 20.7. The fourth-order valence-electron chi connectivity index (χ4n) is 15.1. The zero-order valence-corrected chi connectivity index (χ0v) is 33.8. The van der Waals surface area contributed by atoms with Crippen LogP contribution >= 0.6 is 0 Å². The van der Waals surface area contributed by atoms with E-state index in [9.17, 15) is 15.0 Å². The second kappa shape index (κ2) is 13.1. The molecule has 52 heavy (non-hydrogen) atoms. The number of nitrogens with zero attached hydrogens (tertiary/aromatic N) is 2. The van der Waals surface area contributed by atoms with Gasteiger partial charge in [0.2, 0.25) is 0 Å². The Balaban J connectivity index is 0.982. The topological polar surface area (TPSA) is 101 Å². The molecule has 0 amide bonds. The molecule has 8 aliphatic rings. The second-order valence-corrected chi connectivity index (χ2v) is 20.7. The Morgan fingerprint density at radius 1 is 0.962 bits per heavy atom. The SMILES string of the molecule is CCC(=O)OC(C1CC(C)C2C(O1)C(O)C1(C)C3CCC4C(C)(C)C(OC5CN(CCN6CCCC6)CCO5)CCC45CC35CCC21C)C(C)(C)O. The smallest absolute Gasteiger partial charge is 0.305 e. The number of carbonyl (C=O) groups is 1. The molecule has 0 aromatic carbocycles. The van der Waals surface area contributed by atoms with Gasteiger partial charge in [0.15, 0.2) is 12.4 Å². The molecule has 5 saturated carbocycles. The number of ether oxygens (including phenoxy) is 4. The number of fused-ring (bicyclic) bond motifs is 4. The van der Waals surface area contributed by atoms with Crippen LogP contribution in [0.15, 0.2) is 0 Å². The van der Waals surface area contributed by atoms with E-state index in [2.05, 4.69) is 44.4 Å². The van der Waals surface area contributed by atoms with Gasteiger partial charge in [0.25, 0.3) is 0 Å². The minimum atomic E-state index is -1.25. The van der Waals surface area contributed by atoms with E-state index in [0.29, 0.717) is 23.7 Å². The molecule has 0 radical (unpaired) electrons. The van der Waals surface area contributed by atoms with Gasteiger partial charge in [0.1, 0.15) is 0 Å². The maximum atomic E-state index is 12.7. The van der Waals surface area contributed by atoms with E-state index in [1.54, 1.807) is 20.8 Å². The van der Waals surface area contributed by atoms with E-state index < -0.39 is 23.9 Å². The molecular formula is C43H72N2O7. The summed E-state index contributed by atoms with van der Waals surface area (Å²) in [6, 6.07) is 0. The Bertz CT molecular complexity index is 1350. The van der Waals surface area contributed by atoms with Gasteiger partial charge in [0, 0.05) is 38.0 Å². The summed E-state index contributed by atoms with van der Waals surface area (Å²) in [5.74, 6) is 1.24. The highest BCUT2D eigenvalue weighted by atomic mass is 16.7. The summed E-state index contributed by atoms with van der Waals surface area (Å²) < 4.78 is 26.1. The van der Waals surface area contributed by atoms with Crippen LogP contribution in [-0.4, -0.2) is 114 Å². The van der Waals surface area contributed by atoms with E-state index in [1.807, 2.05) is 0 Å². The van der Waals surface area contributed by atoms with E-state index in [1.165, 1.54) is 51.6 Å². The van der Waals surface area contributed by atoms with Gasteiger partial charge in [-0.2, -0.15) is 0 Å². The normalized spacial score (nSPS) is 49.2. The first-order chi connectivity index (χ1) is 24.5. The Kier molecular flexibility index (Phi) is 9.61. The fourth-order valence-corrected chi connectivity index (χ4v) is 15.1. The predicted octanol–water partition coefficient (Wildman–Crippen LogP) is 6.03. The lowest BCUT2D eigenvalue weighted by Gasteiger charge is -2.64. The summed E-state index contributed by atoms with van der Waals surface area (Å²) in [6.07, 6.45) is 9.83. The van der Waals surface area contributed by atoms with Gasteiger partial charge in [-0.15, -0.1) is 0 Å². The van der Waals surface area contributed by atoms with Crippen LogP contribution in [0.4, 0.5) is 0 Å². The number of aliphatic hydroxyl groups is 2. The maximum absolute atomic E-state index is 12.7. The van der Waals surface area contributed by atoms with Crippen LogP contribution in [0, 0.1) is 50.7 Å². The quantitative estimate of drug-likeness (QED) is 0.276. The van der Waals surface area contributed by atoms with E-state index in [0.717, 1.165) is 52.0 Å². The van der Waals surface area contributed by atoms with Crippen LogP contribution in [0.3, 0.4) is 0 Å². The molecule has 9 nitrogen and oxygen atoms in total. The number of aliphatic hydroxyl groups excluding tert-OH is 1. The third-order valence-electron chi connectivity index (χ3n) is 17.7. The Hall–Kier alpha value is -0.810. The van der Waals surface area contributed by atoms with Crippen LogP contribution in [0.2, 0.25) is 0 Å². The summed E-state index contributed by atoms with van der Waals surface area (Å²) >= 11 is 0. The minimum absolute atomic E-state index is 0.0485. The van der Waals surface area contributed by atoms with Gasteiger partial charge in [-0.3, -0.25) is 9.69 Å². The van der Waals surface area contributed by atoms with Crippen molar-refractivity contribution in [1.29, 1.82) is 0 Å². The summed E-state index contributed by atoms with van der Waals surface area (Å²) in [5, 5.41) is 23.8. The zero-order chi connectivity index (χ0) is 37.1. The molecule has 3 heterocycles. The van der Waals surface area contributed by atoms with Crippen molar-refractivity contribution in [2.24, 2.45) is 50.7 Å². The monoisotopic (exact) mass is 729 g/mol. The summed E-state index contributed by atoms with van der Waals surface area (Å²) in [7, 11) is 0. The van der Waals surface area contributed by atoms with Crippen LogP contribution in [-0.2, 0) is 23.7 Å². The third kappa shape index (κ3) is 5.57. The number of likely N-dealkylation sites (tertiary alicyclic amines) is 1. The molecule has 2 N–H and O–H groups in total. The van der Waals surface area contributed by atoms with Crippen LogP contribution in [0.1, 0.15) is 126 Å². The average molecular weight is 729 g/mol. The van der Waals surface area contributed by atoms with Crippen LogP contribution < -0.4 is 0 Å². The molecule has 14 atom stereocenters. The number of hydrogen-bond donors (Lipinski definition) is 2. The van der Waals surface area contributed by atoms with Crippen molar-refractivity contribution in [3.05, 3.63) is 0 Å². The fraction of sp³-hybridized carbons (Fsp3) is 0.977. The molecule has 0 aromatic heterocycles. The molecule has 8 fully saturated rings. The van der Waals surface area contributed by atoms with E-state index in [4.69, 9.17) is 18.9 Å². The molecule has 2 spiro atoms. The Morgan fingerprint density at radius 3 is 2.37 bits per heavy atom. The average Bonchev–Trinajstić information content (AvgIpc) is 3.36. The van der Waals surface area contributed by atoms with Crippen molar-refractivity contribution in [2.45, 2.75) is 168 Å². The van der Waals surface area contributed by atoms with Crippen LogP contribution in [0.5, 0.6) is 0 Å². The predicted molar refractivity (Wildman–Crippen MR) is 199 cm³/mol. The number of carbonyl (C=O) groups excluding carboxylic acids is 1. The highest BCUT2D eigenvalue weighted by molar-refractivity contribution is 5.69. The first kappa shape index (κ1) is 38.1.